The van der Waals surface area contributed by atoms with Crippen molar-refractivity contribution in [1.82, 2.24) is 9.88 Å². The summed E-state index contributed by atoms with van der Waals surface area (Å²) in [5, 5.41) is 0. The minimum Gasteiger partial charge on any atom is -0.493 e. The Morgan fingerprint density at radius 1 is 1.23 bits per heavy atom. The molecule has 0 bridgehead atoms. The Morgan fingerprint density at radius 2 is 2.00 bits per heavy atom. The molecule has 0 spiro atoms. The number of rotatable bonds is 4. The first kappa shape index (κ1) is 18.0. The average molecular weight is 356 g/mol. The maximum atomic E-state index is 12.9. The van der Waals surface area contributed by atoms with E-state index in [1.54, 1.807) is 26.0 Å². The third kappa shape index (κ3) is 3.19. The van der Waals surface area contributed by atoms with Crippen LogP contribution in [0.25, 0.3) is 0 Å². The number of nitrogens with zero attached hydrogens (tertiary/aromatic N) is 1. The molecule has 1 aromatic heterocycles. The zero-order chi connectivity index (χ0) is 18.8. The molecule has 1 aliphatic heterocycles. The van der Waals surface area contributed by atoms with E-state index in [1.807, 2.05) is 31.2 Å². The molecule has 1 unspecified atom stereocenters. The lowest BCUT2D eigenvalue weighted by atomic mass is 9.97. The van der Waals surface area contributed by atoms with E-state index in [-0.39, 0.29) is 22.9 Å². The number of likely N-dealkylation sites (tertiary alicyclic amines) is 1. The minimum absolute atomic E-state index is 0.147. The predicted octanol–water partition coefficient (Wildman–Crippen LogP) is 2.64. The predicted molar refractivity (Wildman–Crippen MR) is 99.3 cm³/mol. The molecule has 1 aromatic carbocycles. The summed E-state index contributed by atoms with van der Waals surface area (Å²) in [5.74, 6) is 1.32. The summed E-state index contributed by atoms with van der Waals surface area (Å²) in [6, 6.07) is 7.61. The monoisotopic (exact) mass is 356 g/mol. The first-order valence-electron chi connectivity index (χ1n) is 8.67. The first-order chi connectivity index (χ1) is 12.5. The molecule has 138 valence electrons. The van der Waals surface area contributed by atoms with Crippen LogP contribution in [-0.4, -0.2) is 43.1 Å². The molecule has 26 heavy (non-hydrogen) atoms. The quantitative estimate of drug-likeness (QED) is 0.914. The fourth-order valence-electron chi connectivity index (χ4n) is 3.71. The van der Waals surface area contributed by atoms with Gasteiger partial charge in [0.05, 0.1) is 14.2 Å². The Labute approximate surface area is 152 Å². The Bertz CT molecular complexity index is 888. The lowest BCUT2D eigenvalue weighted by molar-refractivity contribution is 0.0788. The molecular formula is C20H24N2O4. The molecule has 6 heteroatoms. The highest BCUT2D eigenvalue weighted by Crippen LogP contribution is 2.39. The molecule has 0 aliphatic carbocycles. The molecule has 1 N–H and O–H groups in total. The van der Waals surface area contributed by atoms with Gasteiger partial charge in [0.1, 0.15) is 5.56 Å². The standard InChI is InChI=1S/C20H24N2O4/c1-12-10-13(2)21-19(23)17(12)20(24)22-9-8-14(11-22)15-6-5-7-16(25-3)18(15)26-4/h5-7,10,14H,8-9,11H2,1-4H3,(H,21,23). The molecule has 1 amide bonds. The number of hydrogen-bond acceptors (Lipinski definition) is 4. The van der Waals surface area contributed by atoms with Gasteiger partial charge in [-0.15, -0.1) is 0 Å². The van der Waals surface area contributed by atoms with Gasteiger partial charge in [-0.25, -0.2) is 0 Å². The Morgan fingerprint density at radius 3 is 2.65 bits per heavy atom. The minimum atomic E-state index is -0.324. The van der Waals surface area contributed by atoms with Crippen molar-refractivity contribution in [2.75, 3.05) is 27.3 Å². The van der Waals surface area contributed by atoms with Gasteiger partial charge in [0, 0.05) is 30.3 Å². The third-order valence-electron chi connectivity index (χ3n) is 4.93. The Kier molecular flexibility index (Phi) is 5.02. The molecule has 0 radical (unpaired) electrons. The number of para-hydroxylation sites is 1. The zero-order valence-electron chi connectivity index (χ0n) is 15.6. The second-order valence-electron chi connectivity index (χ2n) is 6.66. The van der Waals surface area contributed by atoms with Crippen molar-refractivity contribution in [3.8, 4) is 11.5 Å². The molecule has 1 fully saturated rings. The number of nitrogens with one attached hydrogen (secondary N) is 1. The van der Waals surface area contributed by atoms with Crippen LogP contribution in [0.2, 0.25) is 0 Å². The second kappa shape index (κ2) is 7.23. The molecule has 1 atom stereocenters. The SMILES string of the molecule is COc1cccc(C2CCN(C(=O)c3c(C)cc(C)[nH]c3=O)C2)c1OC. The van der Waals surface area contributed by atoms with Crippen LogP contribution in [0.15, 0.2) is 29.1 Å². The van der Waals surface area contributed by atoms with Gasteiger partial charge in [0.15, 0.2) is 11.5 Å². The number of pyridine rings is 1. The van der Waals surface area contributed by atoms with Gasteiger partial charge in [0.25, 0.3) is 11.5 Å². The number of aromatic amines is 1. The fourth-order valence-corrected chi connectivity index (χ4v) is 3.71. The lowest BCUT2D eigenvalue weighted by Gasteiger charge is -2.19. The second-order valence-corrected chi connectivity index (χ2v) is 6.66. The number of aryl methyl sites for hydroxylation is 2. The number of amides is 1. The zero-order valence-corrected chi connectivity index (χ0v) is 15.6. The summed E-state index contributed by atoms with van der Waals surface area (Å²) in [6.45, 7) is 4.77. The summed E-state index contributed by atoms with van der Waals surface area (Å²) >= 11 is 0. The summed E-state index contributed by atoms with van der Waals surface area (Å²) < 4.78 is 10.9. The van der Waals surface area contributed by atoms with E-state index in [2.05, 4.69) is 4.98 Å². The van der Waals surface area contributed by atoms with Gasteiger partial charge in [-0.2, -0.15) is 0 Å². The highest BCUT2D eigenvalue weighted by Gasteiger charge is 2.32. The van der Waals surface area contributed by atoms with Crippen LogP contribution in [0.5, 0.6) is 11.5 Å². The van der Waals surface area contributed by atoms with E-state index in [9.17, 15) is 9.59 Å². The van der Waals surface area contributed by atoms with Crippen LogP contribution >= 0.6 is 0 Å². The number of benzene rings is 1. The highest BCUT2D eigenvalue weighted by atomic mass is 16.5. The van der Waals surface area contributed by atoms with Crippen molar-refractivity contribution >= 4 is 5.91 Å². The van der Waals surface area contributed by atoms with Crippen molar-refractivity contribution < 1.29 is 14.3 Å². The summed E-state index contributed by atoms with van der Waals surface area (Å²) in [7, 11) is 3.23. The molecule has 1 saturated heterocycles. The van der Waals surface area contributed by atoms with Gasteiger partial charge in [0.2, 0.25) is 0 Å². The molecule has 3 rings (SSSR count). The topological polar surface area (TPSA) is 71.6 Å². The number of carbonyl (C=O) groups excluding carboxylic acids is 1. The van der Waals surface area contributed by atoms with Crippen molar-refractivity contribution in [3.05, 3.63) is 57.0 Å². The van der Waals surface area contributed by atoms with Crippen molar-refractivity contribution in [1.29, 1.82) is 0 Å². The van der Waals surface area contributed by atoms with Crippen LogP contribution in [0.4, 0.5) is 0 Å². The van der Waals surface area contributed by atoms with E-state index in [1.165, 1.54) is 0 Å². The van der Waals surface area contributed by atoms with Crippen LogP contribution in [0, 0.1) is 13.8 Å². The van der Waals surface area contributed by atoms with Gasteiger partial charge in [-0.3, -0.25) is 9.59 Å². The largest absolute Gasteiger partial charge is 0.493 e. The van der Waals surface area contributed by atoms with E-state index < -0.39 is 0 Å². The number of hydrogen-bond donors (Lipinski definition) is 1. The van der Waals surface area contributed by atoms with E-state index in [4.69, 9.17) is 9.47 Å². The summed E-state index contributed by atoms with van der Waals surface area (Å²) in [4.78, 5) is 29.6. The van der Waals surface area contributed by atoms with Gasteiger partial charge in [-0.1, -0.05) is 12.1 Å². The maximum absolute atomic E-state index is 12.9. The average Bonchev–Trinajstić information content (AvgIpc) is 3.09. The Hall–Kier alpha value is -2.76. The van der Waals surface area contributed by atoms with Crippen LogP contribution in [-0.2, 0) is 0 Å². The highest BCUT2D eigenvalue weighted by molar-refractivity contribution is 5.95. The molecular weight excluding hydrogens is 332 g/mol. The number of carbonyl (C=O) groups is 1. The molecule has 6 nitrogen and oxygen atoms in total. The molecule has 2 aromatic rings. The summed E-state index contributed by atoms with van der Waals surface area (Å²) in [5.41, 5.74) is 2.39. The van der Waals surface area contributed by atoms with Crippen LogP contribution in [0.1, 0.15) is 39.5 Å². The number of methoxy groups -OCH3 is 2. The third-order valence-corrected chi connectivity index (χ3v) is 4.93. The van der Waals surface area contributed by atoms with Gasteiger partial charge >= 0.3 is 0 Å². The van der Waals surface area contributed by atoms with Crippen LogP contribution in [0.3, 0.4) is 0 Å². The normalized spacial score (nSPS) is 16.6. The smallest absolute Gasteiger partial charge is 0.261 e. The molecule has 0 saturated carbocycles. The lowest BCUT2D eigenvalue weighted by Crippen LogP contribution is -2.34. The van der Waals surface area contributed by atoms with Gasteiger partial charge < -0.3 is 19.4 Å². The van der Waals surface area contributed by atoms with Crippen molar-refractivity contribution in [2.24, 2.45) is 0 Å². The summed E-state index contributed by atoms with van der Waals surface area (Å²) in [6.07, 6.45) is 0.818. The number of aromatic nitrogens is 1. The van der Waals surface area contributed by atoms with E-state index in [0.29, 0.717) is 30.2 Å². The number of H-pyrrole nitrogens is 1. The van der Waals surface area contributed by atoms with E-state index >= 15 is 0 Å². The molecule has 1 aliphatic rings. The Balaban J connectivity index is 1.86. The van der Waals surface area contributed by atoms with Gasteiger partial charge in [-0.05, 0) is 38.0 Å². The van der Waals surface area contributed by atoms with E-state index in [0.717, 1.165) is 17.7 Å². The fraction of sp³-hybridized carbons (Fsp3) is 0.400. The maximum Gasteiger partial charge on any atom is 0.261 e. The van der Waals surface area contributed by atoms with Crippen molar-refractivity contribution in [2.45, 2.75) is 26.2 Å². The first-order valence-corrected chi connectivity index (χ1v) is 8.67. The van der Waals surface area contributed by atoms with Crippen molar-refractivity contribution in [3.63, 3.8) is 0 Å². The number of ether oxygens (including phenoxy) is 2. The van der Waals surface area contributed by atoms with Crippen LogP contribution < -0.4 is 15.0 Å². The molecule has 2 heterocycles.